The van der Waals surface area contributed by atoms with Crippen molar-refractivity contribution in [1.82, 2.24) is 0 Å². The Hall–Kier alpha value is -3.69. The molecular formula is C40H40O4Si2Ti. The third-order valence-electron chi connectivity index (χ3n) is 8.28. The minimum absolute atomic E-state index is 0.381. The van der Waals surface area contributed by atoms with Crippen LogP contribution in [0.1, 0.15) is 13.8 Å². The quantitative estimate of drug-likeness (QED) is 0.116. The summed E-state index contributed by atoms with van der Waals surface area (Å²) in [5.74, 6) is 0. The standard InChI is InChI=1S/2C18H15OSi.2C2H5O.Ti/c2*19-20(16-10-4-1-5-11-16,17-12-6-2-7-13-17)18-14-8-3-9-15-18;2*1-2-3;/h2*1-15H;2*2H2,1H3;/q4*-1;+4. The maximum absolute atomic E-state index is 7.88. The second-order valence-electron chi connectivity index (χ2n) is 11.1. The minimum atomic E-state index is -4.79. The molecule has 0 saturated carbocycles. The number of benzene rings is 6. The van der Waals surface area contributed by atoms with Crippen molar-refractivity contribution in [1.29, 1.82) is 0 Å². The van der Waals surface area contributed by atoms with Crippen molar-refractivity contribution in [3.8, 4) is 0 Å². The molecule has 6 rings (SSSR count). The Morgan fingerprint density at radius 1 is 0.340 bits per heavy atom. The van der Waals surface area contributed by atoms with E-state index in [0.29, 0.717) is 13.2 Å². The van der Waals surface area contributed by atoms with E-state index in [-0.39, 0.29) is 0 Å². The first-order chi connectivity index (χ1) is 23.2. The predicted octanol–water partition coefficient (Wildman–Crippen LogP) is 5.24. The van der Waals surface area contributed by atoms with Crippen LogP contribution in [-0.2, 0) is 30.8 Å². The molecule has 0 N–H and O–H groups in total. The topological polar surface area (TPSA) is 36.9 Å². The zero-order valence-corrected chi connectivity index (χ0v) is 30.4. The van der Waals surface area contributed by atoms with Gasteiger partial charge in [0.2, 0.25) is 0 Å². The molecule has 0 aliphatic carbocycles. The van der Waals surface area contributed by atoms with Crippen LogP contribution in [-0.4, -0.2) is 29.8 Å². The van der Waals surface area contributed by atoms with Crippen LogP contribution in [0.2, 0.25) is 0 Å². The van der Waals surface area contributed by atoms with E-state index in [9.17, 15) is 0 Å². The first-order valence-corrected chi connectivity index (χ1v) is 22.5. The van der Waals surface area contributed by atoms with Gasteiger partial charge in [-0.2, -0.15) is 0 Å². The summed E-state index contributed by atoms with van der Waals surface area (Å²) in [6.07, 6.45) is 0. The molecule has 7 heteroatoms. The fraction of sp³-hybridized carbons (Fsp3) is 0.100. The van der Waals surface area contributed by atoms with E-state index in [1.807, 2.05) is 50.2 Å². The molecule has 0 unspecified atom stereocenters. The molecule has 0 atom stereocenters. The first-order valence-electron chi connectivity index (χ1n) is 16.2. The van der Waals surface area contributed by atoms with Crippen molar-refractivity contribution in [2.24, 2.45) is 0 Å². The van der Waals surface area contributed by atoms with E-state index in [1.165, 1.54) is 0 Å². The van der Waals surface area contributed by atoms with Gasteiger partial charge in [0.05, 0.1) is 0 Å². The summed E-state index contributed by atoms with van der Waals surface area (Å²) >= 11 is -4.79. The van der Waals surface area contributed by atoms with Gasteiger partial charge < -0.3 is 0 Å². The van der Waals surface area contributed by atoms with Gasteiger partial charge in [0.15, 0.2) is 0 Å². The molecule has 6 aromatic carbocycles. The molecular weight excluding hydrogens is 648 g/mol. The summed E-state index contributed by atoms with van der Waals surface area (Å²) in [7, 11) is -6.61. The summed E-state index contributed by atoms with van der Waals surface area (Å²) in [5.41, 5.74) is 0. The van der Waals surface area contributed by atoms with E-state index in [2.05, 4.69) is 146 Å². The van der Waals surface area contributed by atoms with Gasteiger partial charge in [0.25, 0.3) is 0 Å². The molecule has 0 saturated heterocycles. The molecule has 236 valence electrons. The Bertz CT molecular complexity index is 1470. The number of hydrogen-bond acceptors (Lipinski definition) is 4. The van der Waals surface area contributed by atoms with E-state index < -0.39 is 34.8 Å². The molecule has 0 amide bonds. The monoisotopic (exact) mass is 688 g/mol. The van der Waals surface area contributed by atoms with Crippen LogP contribution in [0.3, 0.4) is 0 Å². The Balaban J connectivity index is 1.67. The Labute approximate surface area is 286 Å². The van der Waals surface area contributed by atoms with Crippen molar-refractivity contribution in [3.63, 3.8) is 0 Å². The van der Waals surface area contributed by atoms with Gasteiger partial charge in [-0.05, 0) is 0 Å². The zero-order valence-electron chi connectivity index (χ0n) is 26.9. The second kappa shape index (κ2) is 15.5. The van der Waals surface area contributed by atoms with Crippen molar-refractivity contribution in [2.75, 3.05) is 13.2 Å². The van der Waals surface area contributed by atoms with Gasteiger partial charge in [-0.1, -0.05) is 0 Å². The molecule has 0 aromatic heterocycles. The van der Waals surface area contributed by atoms with Gasteiger partial charge in [0, 0.05) is 0 Å². The van der Waals surface area contributed by atoms with E-state index >= 15 is 0 Å². The van der Waals surface area contributed by atoms with E-state index in [0.717, 1.165) is 31.1 Å². The van der Waals surface area contributed by atoms with Crippen molar-refractivity contribution < 1.29 is 30.8 Å². The molecule has 0 aliphatic heterocycles. The Morgan fingerprint density at radius 3 is 0.702 bits per heavy atom. The summed E-state index contributed by atoms with van der Waals surface area (Å²) in [6, 6.07) is 63.4. The van der Waals surface area contributed by atoms with Crippen molar-refractivity contribution >= 4 is 47.8 Å². The second-order valence-corrected chi connectivity index (χ2v) is 22.1. The zero-order chi connectivity index (χ0) is 32.4. The summed E-state index contributed by atoms with van der Waals surface area (Å²) in [5, 5.41) is 6.59. The molecule has 47 heavy (non-hydrogen) atoms. The predicted molar refractivity (Wildman–Crippen MR) is 193 cm³/mol. The molecule has 6 aromatic rings. The van der Waals surface area contributed by atoms with Gasteiger partial charge in [-0.15, -0.1) is 0 Å². The van der Waals surface area contributed by atoms with Gasteiger partial charge in [-0.3, -0.25) is 0 Å². The van der Waals surface area contributed by atoms with Crippen LogP contribution in [0.25, 0.3) is 0 Å². The molecule has 0 radical (unpaired) electrons. The Morgan fingerprint density at radius 2 is 0.532 bits per heavy atom. The third kappa shape index (κ3) is 6.83. The fourth-order valence-electron chi connectivity index (χ4n) is 6.30. The first kappa shape index (κ1) is 33.2. The molecule has 0 aliphatic rings. The van der Waals surface area contributed by atoms with Crippen LogP contribution in [0.4, 0.5) is 0 Å². The third-order valence-corrected chi connectivity index (χ3v) is 23.5. The van der Waals surface area contributed by atoms with Crippen molar-refractivity contribution in [3.05, 3.63) is 182 Å². The normalized spacial score (nSPS) is 12.1. The Kier molecular flexibility index (Phi) is 10.9. The van der Waals surface area contributed by atoms with Crippen LogP contribution < -0.4 is 31.1 Å². The van der Waals surface area contributed by atoms with Gasteiger partial charge in [0.1, 0.15) is 0 Å². The van der Waals surface area contributed by atoms with Crippen LogP contribution in [0, 0.1) is 0 Å². The molecule has 0 fully saturated rings. The van der Waals surface area contributed by atoms with Gasteiger partial charge >= 0.3 is 288 Å². The molecule has 0 spiro atoms. The maximum atomic E-state index is 7.88. The summed E-state index contributed by atoms with van der Waals surface area (Å²) in [6.45, 7) is 4.76. The molecule has 0 heterocycles. The van der Waals surface area contributed by atoms with Crippen LogP contribution >= 0.6 is 0 Å². The molecule has 4 nitrogen and oxygen atoms in total. The molecule has 0 bridgehead atoms. The van der Waals surface area contributed by atoms with Gasteiger partial charge in [-0.25, -0.2) is 0 Å². The number of rotatable bonds is 14. The van der Waals surface area contributed by atoms with Crippen molar-refractivity contribution in [2.45, 2.75) is 13.8 Å². The summed E-state index contributed by atoms with van der Waals surface area (Å²) in [4.78, 5) is 0. The summed E-state index contributed by atoms with van der Waals surface area (Å²) < 4.78 is 29.6. The van der Waals surface area contributed by atoms with E-state index in [1.54, 1.807) is 0 Å². The van der Waals surface area contributed by atoms with Crippen LogP contribution in [0.15, 0.2) is 182 Å². The fourth-order valence-corrected chi connectivity index (χ4v) is 23.9. The van der Waals surface area contributed by atoms with Crippen LogP contribution in [0.5, 0.6) is 0 Å². The number of hydrogen-bond donors (Lipinski definition) is 0. The SMILES string of the molecule is CC[O][Ti]([O]CC)([O][Si](c1ccccc1)(c1ccccc1)c1ccccc1)[O][Si](c1ccccc1)(c1ccccc1)c1ccccc1. The average Bonchev–Trinajstić information content (AvgIpc) is 3.15. The average molecular weight is 689 g/mol. The van der Waals surface area contributed by atoms with E-state index in [4.69, 9.17) is 12.7 Å².